The average Bonchev–Trinajstić information content (AvgIpc) is 2.71. The molecule has 0 saturated carbocycles. The fourth-order valence-corrected chi connectivity index (χ4v) is 3.41. The van der Waals surface area contributed by atoms with Gasteiger partial charge in [0.25, 0.3) is 5.91 Å². The van der Waals surface area contributed by atoms with Gasteiger partial charge in [-0.3, -0.25) is 4.79 Å². The van der Waals surface area contributed by atoms with E-state index in [1.807, 2.05) is 12.1 Å². The number of rotatable bonds is 2. The lowest BCUT2D eigenvalue weighted by Gasteiger charge is -1.99. The maximum atomic E-state index is 11.2. The van der Waals surface area contributed by atoms with Gasteiger partial charge in [0, 0.05) is 0 Å². The predicted octanol–water partition coefficient (Wildman–Crippen LogP) is 1.89. The molecule has 1 N–H and O–H groups in total. The largest absolute Gasteiger partial charge is 0.395 e. The zero-order valence-electron chi connectivity index (χ0n) is 6.94. The zero-order valence-corrected chi connectivity index (χ0v) is 10.2. The second-order valence-electron chi connectivity index (χ2n) is 2.65. The molecule has 0 radical (unpaired) electrons. The molecule has 2 rings (SSSR count). The quantitative estimate of drug-likeness (QED) is 0.905. The number of hydrogen-bond donors (Lipinski definition) is 1. The van der Waals surface area contributed by atoms with Gasteiger partial charge in [-0.1, -0.05) is 11.8 Å². The summed E-state index contributed by atoms with van der Waals surface area (Å²) in [6.45, 7) is -0.150. The molecule has 74 valence electrons. The molecule has 3 nitrogen and oxygen atoms in total. The molecule has 1 unspecified atom stereocenters. The molecular weight excluding hydrogens is 286 g/mol. The molecule has 0 saturated heterocycles. The number of carbonyl (C=O) groups is 1. The van der Waals surface area contributed by atoms with Gasteiger partial charge in [0.15, 0.2) is 0 Å². The van der Waals surface area contributed by atoms with E-state index in [2.05, 4.69) is 20.9 Å². The highest BCUT2D eigenvalue weighted by atomic mass is 79.9. The Morgan fingerprint density at radius 2 is 2.36 bits per heavy atom. The number of hydrogen-bond acceptors (Lipinski definition) is 4. The van der Waals surface area contributed by atoms with E-state index >= 15 is 0 Å². The minimum atomic E-state index is -0.411. The van der Waals surface area contributed by atoms with Gasteiger partial charge in [0.1, 0.15) is 10.3 Å². The molecule has 1 aromatic rings. The first-order chi connectivity index (χ1) is 6.70. The van der Waals surface area contributed by atoms with Gasteiger partial charge in [-0.15, -0.1) is 11.3 Å². The molecule has 2 heterocycles. The van der Waals surface area contributed by atoms with Crippen molar-refractivity contribution in [3.8, 4) is 0 Å². The normalized spacial score (nSPS) is 21.4. The highest BCUT2D eigenvalue weighted by molar-refractivity contribution is 9.11. The van der Waals surface area contributed by atoms with Crippen LogP contribution >= 0.6 is 39.0 Å². The van der Waals surface area contributed by atoms with E-state index in [9.17, 15) is 4.79 Å². The molecule has 0 aliphatic carbocycles. The van der Waals surface area contributed by atoms with E-state index in [0.717, 1.165) is 8.66 Å². The van der Waals surface area contributed by atoms with E-state index in [4.69, 9.17) is 5.11 Å². The number of halogens is 1. The minimum Gasteiger partial charge on any atom is -0.395 e. The zero-order chi connectivity index (χ0) is 10.1. The van der Waals surface area contributed by atoms with E-state index in [1.165, 1.54) is 23.1 Å². The first-order valence-corrected chi connectivity index (χ1v) is 6.35. The van der Waals surface area contributed by atoms with Gasteiger partial charge >= 0.3 is 0 Å². The highest BCUT2D eigenvalue weighted by Gasteiger charge is 2.28. The van der Waals surface area contributed by atoms with Gasteiger partial charge in [-0.25, -0.2) is 4.99 Å². The van der Waals surface area contributed by atoms with Crippen LogP contribution in [0.4, 0.5) is 0 Å². The number of nitrogens with zero attached hydrogens (tertiary/aromatic N) is 1. The van der Waals surface area contributed by atoms with Crippen molar-refractivity contribution in [3.63, 3.8) is 0 Å². The molecule has 0 aromatic carbocycles. The van der Waals surface area contributed by atoms with Gasteiger partial charge in [-0.2, -0.15) is 0 Å². The van der Waals surface area contributed by atoms with Crippen molar-refractivity contribution in [2.75, 3.05) is 6.61 Å². The van der Waals surface area contributed by atoms with Crippen LogP contribution in [0.5, 0.6) is 0 Å². The summed E-state index contributed by atoms with van der Waals surface area (Å²) < 4.78 is 1.01. The third-order valence-electron chi connectivity index (χ3n) is 1.69. The van der Waals surface area contributed by atoms with E-state index < -0.39 is 5.25 Å². The number of amides is 1. The van der Waals surface area contributed by atoms with Crippen molar-refractivity contribution in [3.05, 3.63) is 20.8 Å². The van der Waals surface area contributed by atoms with Crippen molar-refractivity contribution in [2.24, 2.45) is 4.99 Å². The Morgan fingerprint density at radius 3 is 2.86 bits per heavy atom. The van der Waals surface area contributed by atoms with Crippen LogP contribution < -0.4 is 0 Å². The second kappa shape index (κ2) is 4.14. The second-order valence-corrected chi connectivity index (χ2v) is 6.30. The molecule has 1 atom stereocenters. The maximum absolute atomic E-state index is 11.2. The van der Waals surface area contributed by atoms with Crippen molar-refractivity contribution in [1.82, 2.24) is 0 Å². The lowest BCUT2D eigenvalue weighted by molar-refractivity contribution is -0.117. The van der Waals surface area contributed by atoms with Crippen LogP contribution in [0.1, 0.15) is 4.88 Å². The topological polar surface area (TPSA) is 49.7 Å². The summed E-state index contributed by atoms with van der Waals surface area (Å²) in [5.41, 5.74) is 0. The van der Waals surface area contributed by atoms with Crippen LogP contribution in [0.15, 0.2) is 20.9 Å². The average molecular weight is 292 g/mol. The number of thiophene rings is 1. The Hall–Kier alpha value is -0.170. The van der Waals surface area contributed by atoms with Crippen LogP contribution in [-0.4, -0.2) is 27.9 Å². The summed E-state index contributed by atoms with van der Waals surface area (Å²) in [5.74, 6) is -0.239. The number of aliphatic hydroxyl groups is 1. The predicted molar refractivity (Wildman–Crippen MR) is 62.0 cm³/mol. The first kappa shape index (κ1) is 10.4. The number of aliphatic imine (C=N–C) groups is 1. The fourth-order valence-electron chi connectivity index (χ4n) is 1.04. The monoisotopic (exact) mass is 291 g/mol. The Balaban J connectivity index is 2.22. The molecule has 0 fully saturated rings. The maximum Gasteiger partial charge on any atom is 0.262 e. The van der Waals surface area contributed by atoms with Crippen molar-refractivity contribution in [1.29, 1.82) is 0 Å². The molecule has 0 bridgehead atoms. The van der Waals surface area contributed by atoms with Crippen LogP contribution in [-0.2, 0) is 4.79 Å². The van der Waals surface area contributed by atoms with Gasteiger partial charge < -0.3 is 5.11 Å². The Labute approximate surface area is 97.4 Å². The molecule has 1 aliphatic heterocycles. The van der Waals surface area contributed by atoms with E-state index in [1.54, 1.807) is 0 Å². The van der Waals surface area contributed by atoms with Crippen molar-refractivity contribution < 1.29 is 9.90 Å². The Kier molecular flexibility index (Phi) is 3.06. The third-order valence-corrected chi connectivity index (χ3v) is 4.62. The summed E-state index contributed by atoms with van der Waals surface area (Å²) in [4.78, 5) is 16.1. The van der Waals surface area contributed by atoms with Crippen LogP contribution in [0.25, 0.3) is 0 Å². The van der Waals surface area contributed by atoms with Gasteiger partial charge in [0.2, 0.25) is 0 Å². The lowest BCUT2D eigenvalue weighted by Crippen LogP contribution is -2.14. The van der Waals surface area contributed by atoms with Crippen LogP contribution in [0.3, 0.4) is 0 Å². The van der Waals surface area contributed by atoms with Crippen molar-refractivity contribution in [2.45, 2.75) is 5.25 Å². The van der Waals surface area contributed by atoms with Gasteiger partial charge in [-0.05, 0) is 28.1 Å². The van der Waals surface area contributed by atoms with E-state index in [0.29, 0.717) is 5.04 Å². The number of carbonyl (C=O) groups excluding carboxylic acids is 1. The summed E-state index contributed by atoms with van der Waals surface area (Å²) in [6.07, 6.45) is 0. The molecule has 1 amide bonds. The standard InChI is InChI=1S/C8H6BrNO2S2/c9-6-2-1-4(13-6)8-10-7(12)5(3-11)14-8/h1-2,5,11H,3H2. The number of thioether (sulfide) groups is 1. The summed E-state index contributed by atoms with van der Waals surface area (Å²) in [5, 5.41) is 9.19. The van der Waals surface area contributed by atoms with Crippen LogP contribution in [0, 0.1) is 0 Å². The number of aliphatic hydroxyl groups excluding tert-OH is 1. The Morgan fingerprint density at radius 1 is 1.57 bits per heavy atom. The highest BCUT2D eigenvalue weighted by Crippen LogP contribution is 2.31. The first-order valence-electron chi connectivity index (χ1n) is 3.86. The summed E-state index contributed by atoms with van der Waals surface area (Å²) >= 11 is 6.20. The Bertz CT molecular complexity index is 402. The smallest absolute Gasteiger partial charge is 0.262 e. The minimum absolute atomic E-state index is 0.150. The molecule has 6 heteroatoms. The molecular formula is C8H6BrNO2S2. The SMILES string of the molecule is O=C1N=C(c2ccc(Br)s2)SC1CO. The lowest BCUT2D eigenvalue weighted by atomic mass is 10.4. The van der Waals surface area contributed by atoms with Crippen LogP contribution in [0.2, 0.25) is 0 Å². The summed E-state index contributed by atoms with van der Waals surface area (Å²) in [7, 11) is 0. The molecule has 0 spiro atoms. The van der Waals surface area contributed by atoms with E-state index in [-0.39, 0.29) is 12.5 Å². The fraction of sp³-hybridized carbons (Fsp3) is 0.250. The third kappa shape index (κ3) is 1.93. The molecule has 1 aliphatic rings. The van der Waals surface area contributed by atoms with Gasteiger partial charge in [0.05, 0.1) is 15.3 Å². The summed E-state index contributed by atoms with van der Waals surface area (Å²) in [6, 6.07) is 3.83. The molecule has 14 heavy (non-hydrogen) atoms. The molecule has 1 aromatic heterocycles. The van der Waals surface area contributed by atoms with Crippen molar-refractivity contribution >= 4 is 50.0 Å².